The number of nitriles is 1. The molecule has 3 heteroatoms. The molecular weight excluding hydrogens is 277 g/mol. The molecule has 0 aliphatic carbocycles. The van der Waals surface area contributed by atoms with Gasteiger partial charge in [0.15, 0.2) is 5.78 Å². The van der Waals surface area contributed by atoms with E-state index >= 15 is 0 Å². The zero-order valence-electron chi connectivity index (χ0n) is 6.96. The largest absolute Gasteiger partial charge is 0.294 e. The van der Waals surface area contributed by atoms with Crippen LogP contribution in [0.25, 0.3) is 0 Å². The van der Waals surface area contributed by atoms with Crippen LogP contribution in [0.15, 0.2) is 24.3 Å². The summed E-state index contributed by atoms with van der Waals surface area (Å²) in [6.45, 7) is 0. The third-order valence-corrected chi connectivity index (χ3v) is 2.28. The fraction of sp³-hybridized carbons (Fsp3) is 0.200. The first-order valence-electron chi connectivity index (χ1n) is 3.90. The SMILES string of the molecule is N#CCCC(=O)c1cccc(I)c1. The maximum Gasteiger partial charge on any atom is 0.163 e. The molecule has 0 saturated heterocycles. The monoisotopic (exact) mass is 285 g/mol. The van der Waals surface area contributed by atoms with Gasteiger partial charge < -0.3 is 0 Å². The molecule has 1 aromatic carbocycles. The zero-order valence-corrected chi connectivity index (χ0v) is 9.11. The summed E-state index contributed by atoms with van der Waals surface area (Å²) < 4.78 is 1.04. The molecule has 1 rings (SSSR count). The summed E-state index contributed by atoms with van der Waals surface area (Å²) in [7, 11) is 0. The Morgan fingerprint density at radius 3 is 2.92 bits per heavy atom. The van der Waals surface area contributed by atoms with E-state index in [2.05, 4.69) is 22.6 Å². The van der Waals surface area contributed by atoms with Gasteiger partial charge in [0.1, 0.15) is 0 Å². The molecule has 0 aromatic heterocycles. The Hall–Kier alpha value is -0.890. The van der Waals surface area contributed by atoms with E-state index < -0.39 is 0 Å². The predicted molar refractivity (Wildman–Crippen MR) is 58.3 cm³/mol. The standard InChI is InChI=1S/C10H8INO/c11-9-4-1-3-8(7-9)10(13)5-2-6-12/h1,3-4,7H,2,5H2. The highest BCUT2D eigenvalue weighted by molar-refractivity contribution is 14.1. The summed E-state index contributed by atoms with van der Waals surface area (Å²) in [6, 6.07) is 9.35. The molecule has 0 bridgehead atoms. The van der Waals surface area contributed by atoms with Gasteiger partial charge in [0.05, 0.1) is 6.07 Å². The molecule has 0 radical (unpaired) electrons. The molecule has 0 amide bonds. The smallest absolute Gasteiger partial charge is 0.163 e. The van der Waals surface area contributed by atoms with E-state index in [1.807, 2.05) is 24.3 Å². The van der Waals surface area contributed by atoms with Crippen LogP contribution in [0.2, 0.25) is 0 Å². The number of rotatable bonds is 3. The Bertz CT molecular complexity index is 354. The Morgan fingerprint density at radius 1 is 1.54 bits per heavy atom. The van der Waals surface area contributed by atoms with Gasteiger partial charge in [0.25, 0.3) is 0 Å². The summed E-state index contributed by atoms with van der Waals surface area (Å²) in [4.78, 5) is 11.4. The van der Waals surface area contributed by atoms with Crippen LogP contribution in [0.4, 0.5) is 0 Å². The number of halogens is 1. The normalized spacial score (nSPS) is 9.23. The number of carbonyl (C=O) groups excluding carboxylic acids is 1. The van der Waals surface area contributed by atoms with Gasteiger partial charge in [-0.15, -0.1) is 0 Å². The van der Waals surface area contributed by atoms with Crippen LogP contribution in [0, 0.1) is 14.9 Å². The molecule has 0 aliphatic heterocycles. The number of benzene rings is 1. The third-order valence-electron chi connectivity index (χ3n) is 1.61. The van der Waals surface area contributed by atoms with E-state index in [1.165, 1.54) is 0 Å². The molecule has 0 heterocycles. The van der Waals surface area contributed by atoms with Crippen molar-refractivity contribution in [1.29, 1.82) is 5.26 Å². The number of Topliss-reactive ketones (excluding diaryl/α,β-unsaturated/α-hetero) is 1. The van der Waals surface area contributed by atoms with Crippen LogP contribution in [-0.2, 0) is 0 Å². The van der Waals surface area contributed by atoms with Gasteiger partial charge in [-0.1, -0.05) is 12.1 Å². The topological polar surface area (TPSA) is 40.9 Å². The van der Waals surface area contributed by atoms with Crippen molar-refractivity contribution in [2.24, 2.45) is 0 Å². The number of ketones is 1. The molecule has 0 atom stereocenters. The summed E-state index contributed by atoms with van der Waals surface area (Å²) in [5.41, 5.74) is 0.696. The van der Waals surface area contributed by atoms with Gasteiger partial charge in [-0.25, -0.2) is 0 Å². The Morgan fingerprint density at radius 2 is 2.31 bits per heavy atom. The Labute approximate surface area is 90.7 Å². The minimum Gasteiger partial charge on any atom is -0.294 e. The van der Waals surface area contributed by atoms with Crippen LogP contribution >= 0.6 is 22.6 Å². The van der Waals surface area contributed by atoms with Gasteiger partial charge in [0.2, 0.25) is 0 Å². The highest BCUT2D eigenvalue weighted by Crippen LogP contribution is 2.10. The average molecular weight is 285 g/mol. The maximum absolute atomic E-state index is 11.4. The summed E-state index contributed by atoms with van der Waals surface area (Å²) in [6.07, 6.45) is 0.612. The highest BCUT2D eigenvalue weighted by Gasteiger charge is 2.04. The van der Waals surface area contributed by atoms with Crippen molar-refractivity contribution in [2.45, 2.75) is 12.8 Å². The van der Waals surface area contributed by atoms with Crippen LogP contribution in [0.1, 0.15) is 23.2 Å². The van der Waals surface area contributed by atoms with Crippen LogP contribution in [-0.4, -0.2) is 5.78 Å². The molecule has 0 aliphatic rings. The zero-order chi connectivity index (χ0) is 9.68. The van der Waals surface area contributed by atoms with E-state index in [9.17, 15) is 4.79 Å². The predicted octanol–water partition coefficient (Wildman–Crippen LogP) is 2.78. The second-order valence-electron chi connectivity index (χ2n) is 2.59. The second-order valence-corrected chi connectivity index (χ2v) is 3.84. The molecule has 2 nitrogen and oxygen atoms in total. The first-order chi connectivity index (χ1) is 6.24. The van der Waals surface area contributed by atoms with Gasteiger partial charge in [-0.3, -0.25) is 4.79 Å². The number of nitrogens with zero attached hydrogens (tertiary/aromatic N) is 1. The minimum absolute atomic E-state index is 0.0417. The van der Waals surface area contributed by atoms with Crippen molar-refractivity contribution in [3.05, 3.63) is 33.4 Å². The Balaban J connectivity index is 2.72. The minimum atomic E-state index is 0.0417. The Kier molecular flexibility index (Phi) is 3.90. The van der Waals surface area contributed by atoms with Crippen molar-refractivity contribution in [3.8, 4) is 6.07 Å². The van der Waals surface area contributed by atoms with Gasteiger partial charge >= 0.3 is 0 Å². The fourth-order valence-electron chi connectivity index (χ4n) is 0.976. The lowest BCUT2D eigenvalue weighted by Gasteiger charge is -1.97. The van der Waals surface area contributed by atoms with Crippen molar-refractivity contribution < 1.29 is 4.79 Å². The molecule has 0 N–H and O–H groups in total. The lowest BCUT2D eigenvalue weighted by molar-refractivity contribution is 0.0984. The molecule has 0 saturated carbocycles. The summed E-state index contributed by atoms with van der Waals surface area (Å²) in [5.74, 6) is 0.0417. The average Bonchev–Trinajstić information content (AvgIpc) is 2.14. The molecule has 1 aromatic rings. The lowest BCUT2D eigenvalue weighted by atomic mass is 10.1. The van der Waals surface area contributed by atoms with Gasteiger partial charge in [-0.2, -0.15) is 5.26 Å². The quantitative estimate of drug-likeness (QED) is 0.633. The summed E-state index contributed by atoms with van der Waals surface area (Å²) in [5, 5.41) is 8.31. The first kappa shape index (κ1) is 10.2. The van der Waals surface area contributed by atoms with E-state index in [0.717, 1.165) is 3.57 Å². The van der Waals surface area contributed by atoms with Crippen molar-refractivity contribution in [1.82, 2.24) is 0 Å². The van der Waals surface area contributed by atoms with Gasteiger partial charge in [-0.05, 0) is 34.7 Å². The molecule has 66 valence electrons. The fourth-order valence-corrected chi connectivity index (χ4v) is 1.52. The van der Waals surface area contributed by atoms with Gasteiger partial charge in [0, 0.05) is 22.0 Å². The molecule has 0 spiro atoms. The molecule has 13 heavy (non-hydrogen) atoms. The van der Waals surface area contributed by atoms with Crippen LogP contribution < -0.4 is 0 Å². The van der Waals surface area contributed by atoms with Crippen molar-refractivity contribution in [3.63, 3.8) is 0 Å². The molecule has 0 fully saturated rings. The second kappa shape index (κ2) is 4.97. The van der Waals surface area contributed by atoms with E-state index in [-0.39, 0.29) is 5.78 Å². The lowest BCUT2D eigenvalue weighted by Crippen LogP contribution is -1.98. The number of hydrogen-bond acceptors (Lipinski definition) is 2. The highest BCUT2D eigenvalue weighted by atomic mass is 127. The maximum atomic E-state index is 11.4. The molecular formula is C10H8INO. The summed E-state index contributed by atoms with van der Waals surface area (Å²) >= 11 is 2.16. The number of carbonyl (C=O) groups is 1. The van der Waals surface area contributed by atoms with Crippen LogP contribution in [0.5, 0.6) is 0 Å². The van der Waals surface area contributed by atoms with E-state index in [1.54, 1.807) is 6.07 Å². The first-order valence-corrected chi connectivity index (χ1v) is 4.97. The van der Waals surface area contributed by atoms with Crippen LogP contribution in [0.3, 0.4) is 0 Å². The third kappa shape index (κ3) is 3.15. The molecule has 0 unspecified atom stereocenters. The van der Waals surface area contributed by atoms with E-state index in [0.29, 0.717) is 18.4 Å². The van der Waals surface area contributed by atoms with E-state index in [4.69, 9.17) is 5.26 Å². The van der Waals surface area contributed by atoms with Crippen molar-refractivity contribution in [2.75, 3.05) is 0 Å². The van der Waals surface area contributed by atoms with Crippen molar-refractivity contribution >= 4 is 28.4 Å². The number of hydrogen-bond donors (Lipinski definition) is 0.